The van der Waals surface area contributed by atoms with Gasteiger partial charge in [-0.1, -0.05) is 5.92 Å². The third-order valence-corrected chi connectivity index (χ3v) is 1.79. The molecule has 0 spiro atoms. The molecule has 0 unspecified atom stereocenters. The highest BCUT2D eigenvalue weighted by Crippen LogP contribution is 1.97. The number of carbonyl (C=O) groups excluding carboxylic acids is 1. The van der Waals surface area contributed by atoms with Crippen molar-refractivity contribution in [2.45, 2.75) is 18.9 Å². The maximum atomic E-state index is 11.2. The molecule has 7 nitrogen and oxygen atoms in total. The third kappa shape index (κ3) is 7.81. The van der Waals surface area contributed by atoms with Crippen LogP contribution in [-0.2, 0) is 14.4 Å². The predicted octanol–water partition coefficient (Wildman–Crippen LogP) is -1.36. The number of carbonyl (C=O) groups is 3. The fourth-order valence-corrected chi connectivity index (χ4v) is 1.02. The van der Waals surface area contributed by atoms with Crippen LogP contribution in [0.4, 0.5) is 0 Å². The van der Waals surface area contributed by atoms with Crippen molar-refractivity contribution in [2.75, 3.05) is 13.1 Å². The summed E-state index contributed by atoms with van der Waals surface area (Å²) < 4.78 is 0. The van der Waals surface area contributed by atoms with Gasteiger partial charge in [0.15, 0.2) is 0 Å². The van der Waals surface area contributed by atoms with Gasteiger partial charge in [-0.25, -0.2) is 4.79 Å². The number of rotatable bonds is 8. The minimum Gasteiger partial charge on any atom is -0.481 e. The van der Waals surface area contributed by atoms with E-state index in [0.717, 1.165) is 0 Å². The first-order valence-electron chi connectivity index (χ1n) is 4.85. The fourth-order valence-electron chi connectivity index (χ4n) is 1.02. The van der Waals surface area contributed by atoms with Crippen molar-refractivity contribution >= 4 is 17.8 Å². The van der Waals surface area contributed by atoms with Crippen molar-refractivity contribution in [2.24, 2.45) is 0 Å². The van der Waals surface area contributed by atoms with Gasteiger partial charge in [0, 0.05) is 6.42 Å². The summed E-state index contributed by atoms with van der Waals surface area (Å²) in [6.07, 6.45) is 4.46. The summed E-state index contributed by atoms with van der Waals surface area (Å²) in [7, 11) is 0. The Kier molecular flexibility index (Phi) is 7.14. The Morgan fingerprint density at radius 3 is 2.41 bits per heavy atom. The minimum atomic E-state index is -1.27. The van der Waals surface area contributed by atoms with Crippen molar-refractivity contribution in [3.8, 4) is 12.3 Å². The molecule has 1 amide bonds. The molecule has 94 valence electrons. The zero-order valence-corrected chi connectivity index (χ0v) is 9.10. The Hall–Kier alpha value is -2.07. The van der Waals surface area contributed by atoms with E-state index in [1.807, 2.05) is 0 Å². The van der Waals surface area contributed by atoms with E-state index in [4.69, 9.17) is 16.6 Å². The minimum absolute atomic E-state index is 0.110. The highest BCUT2D eigenvalue weighted by Gasteiger charge is 2.20. The number of hydrogen-bond donors (Lipinski definition) is 4. The van der Waals surface area contributed by atoms with Gasteiger partial charge in [-0.15, -0.1) is 6.42 Å². The van der Waals surface area contributed by atoms with Crippen LogP contribution in [0.3, 0.4) is 0 Å². The second-order valence-electron chi connectivity index (χ2n) is 3.20. The number of amides is 1. The van der Waals surface area contributed by atoms with Crippen molar-refractivity contribution in [1.82, 2.24) is 10.6 Å². The lowest BCUT2D eigenvalue weighted by atomic mass is 10.1. The molecule has 0 saturated heterocycles. The van der Waals surface area contributed by atoms with Crippen molar-refractivity contribution in [3.63, 3.8) is 0 Å². The monoisotopic (exact) mass is 242 g/mol. The first-order chi connectivity index (χ1) is 7.97. The lowest BCUT2D eigenvalue weighted by molar-refractivity contribution is -0.142. The molecule has 0 aromatic rings. The number of carboxylic acid groups (broad SMARTS) is 2. The zero-order chi connectivity index (χ0) is 13.3. The molecule has 0 radical (unpaired) electrons. The van der Waals surface area contributed by atoms with Gasteiger partial charge in [0.1, 0.15) is 6.04 Å². The van der Waals surface area contributed by atoms with Gasteiger partial charge in [0.2, 0.25) is 5.91 Å². The molecule has 0 saturated carbocycles. The molecule has 0 heterocycles. The van der Waals surface area contributed by atoms with E-state index in [9.17, 15) is 14.4 Å². The zero-order valence-electron chi connectivity index (χ0n) is 9.10. The first-order valence-corrected chi connectivity index (χ1v) is 4.85. The van der Waals surface area contributed by atoms with E-state index in [0.29, 0.717) is 0 Å². The van der Waals surface area contributed by atoms with Gasteiger partial charge in [-0.2, -0.15) is 0 Å². The van der Waals surface area contributed by atoms with E-state index >= 15 is 0 Å². The first kappa shape index (κ1) is 14.9. The van der Waals surface area contributed by atoms with E-state index in [-0.39, 0.29) is 25.9 Å². The molecule has 0 aliphatic rings. The highest BCUT2D eigenvalue weighted by atomic mass is 16.4. The van der Waals surface area contributed by atoms with Crippen LogP contribution in [0.2, 0.25) is 0 Å². The molecule has 17 heavy (non-hydrogen) atoms. The Morgan fingerprint density at radius 1 is 1.29 bits per heavy atom. The molecular formula is C10H14N2O5. The predicted molar refractivity (Wildman–Crippen MR) is 58.1 cm³/mol. The number of hydrogen-bond acceptors (Lipinski definition) is 4. The number of terminal acetylenes is 1. The molecular weight excluding hydrogens is 228 g/mol. The smallest absolute Gasteiger partial charge is 0.326 e. The molecule has 7 heteroatoms. The van der Waals surface area contributed by atoms with Gasteiger partial charge in [0.25, 0.3) is 0 Å². The summed E-state index contributed by atoms with van der Waals surface area (Å²) in [6.45, 7) is 0.0847. The van der Waals surface area contributed by atoms with Crippen molar-refractivity contribution in [3.05, 3.63) is 0 Å². The third-order valence-electron chi connectivity index (χ3n) is 1.79. The maximum Gasteiger partial charge on any atom is 0.326 e. The largest absolute Gasteiger partial charge is 0.481 e. The number of nitrogens with one attached hydrogen (secondary N) is 2. The van der Waals surface area contributed by atoms with Gasteiger partial charge >= 0.3 is 11.9 Å². The highest BCUT2D eigenvalue weighted by molar-refractivity contribution is 5.85. The SMILES string of the molecule is C#CCNCC(=O)N[C@@H](CCC(=O)O)C(=O)O. The number of carboxylic acids is 2. The molecule has 0 aliphatic carbocycles. The van der Waals surface area contributed by atoms with Gasteiger partial charge in [0.05, 0.1) is 13.1 Å². The lowest BCUT2D eigenvalue weighted by Crippen LogP contribution is -2.44. The lowest BCUT2D eigenvalue weighted by Gasteiger charge is -2.13. The summed E-state index contributed by atoms with van der Waals surface area (Å²) >= 11 is 0. The average Bonchev–Trinajstić information content (AvgIpc) is 2.23. The number of aliphatic carboxylic acids is 2. The second-order valence-corrected chi connectivity index (χ2v) is 3.20. The summed E-state index contributed by atoms with van der Waals surface area (Å²) in [6, 6.07) is -1.20. The van der Waals surface area contributed by atoms with Gasteiger partial charge in [-0.05, 0) is 6.42 Å². The maximum absolute atomic E-state index is 11.2. The molecule has 4 N–H and O–H groups in total. The fraction of sp³-hybridized carbons (Fsp3) is 0.500. The van der Waals surface area contributed by atoms with Crippen molar-refractivity contribution < 1.29 is 24.6 Å². The normalized spacial score (nSPS) is 11.2. The van der Waals surface area contributed by atoms with Crippen LogP contribution >= 0.6 is 0 Å². The Labute approximate surface area is 98.2 Å². The van der Waals surface area contributed by atoms with Crippen LogP contribution in [0.5, 0.6) is 0 Å². The van der Waals surface area contributed by atoms with Crippen LogP contribution in [0.25, 0.3) is 0 Å². The molecule has 1 atom stereocenters. The molecule has 0 aromatic carbocycles. The van der Waals surface area contributed by atoms with Crippen LogP contribution in [0.15, 0.2) is 0 Å². The summed E-state index contributed by atoms with van der Waals surface area (Å²) in [5.74, 6) is -0.671. The van der Waals surface area contributed by atoms with E-state index in [2.05, 4.69) is 16.6 Å². The van der Waals surface area contributed by atoms with E-state index in [1.54, 1.807) is 0 Å². The Balaban J connectivity index is 4.07. The van der Waals surface area contributed by atoms with Crippen LogP contribution in [0, 0.1) is 12.3 Å². The van der Waals surface area contributed by atoms with Crippen molar-refractivity contribution in [1.29, 1.82) is 0 Å². The van der Waals surface area contributed by atoms with Crippen LogP contribution < -0.4 is 10.6 Å². The molecule has 0 fully saturated rings. The van der Waals surface area contributed by atoms with E-state index in [1.165, 1.54) is 0 Å². The Bertz CT molecular complexity index is 334. The molecule has 0 bridgehead atoms. The van der Waals surface area contributed by atoms with Crippen LogP contribution in [0.1, 0.15) is 12.8 Å². The standard InChI is InChI=1S/C10H14N2O5/c1-2-5-11-6-8(13)12-7(10(16)17)3-4-9(14)15/h1,7,11H,3-6H2,(H,12,13)(H,14,15)(H,16,17)/t7-/m0/s1. The van der Waals surface area contributed by atoms with Gasteiger partial charge in [-0.3, -0.25) is 14.9 Å². The summed E-state index contributed by atoms with van der Waals surface area (Å²) in [5, 5.41) is 21.9. The molecule has 0 aliphatic heterocycles. The second kappa shape index (κ2) is 8.13. The molecule has 0 rings (SSSR count). The summed E-state index contributed by atoms with van der Waals surface area (Å²) in [5.41, 5.74) is 0. The Morgan fingerprint density at radius 2 is 1.94 bits per heavy atom. The topological polar surface area (TPSA) is 116 Å². The summed E-state index contributed by atoms with van der Waals surface area (Å²) in [4.78, 5) is 32.2. The average molecular weight is 242 g/mol. The van der Waals surface area contributed by atoms with Gasteiger partial charge < -0.3 is 15.5 Å². The van der Waals surface area contributed by atoms with Crippen LogP contribution in [-0.4, -0.2) is 47.2 Å². The quantitative estimate of drug-likeness (QED) is 0.309. The molecule has 0 aromatic heterocycles. The van der Waals surface area contributed by atoms with E-state index < -0.39 is 23.9 Å².